The lowest BCUT2D eigenvalue weighted by atomic mass is 9.96. The predicted molar refractivity (Wildman–Crippen MR) is 133 cm³/mol. The van der Waals surface area contributed by atoms with Gasteiger partial charge in [0.2, 0.25) is 15.9 Å². The van der Waals surface area contributed by atoms with Gasteiger partial charge in [-0.15, -0.1) is 0 Å². The van der Waals surface area contributed by atoms with Crippen LogP contribution in [0, 0.1) is 5.92 Å². The minimum Gasteiger partial charge on any atom is -0.396 e. The third kappa shape index (κ3) is 6.61. The first kappa shape index (κ1) is 26.2. The average Bonchev–Trinajstić information content (AvgIpc) is 2.80. The number of carbonyl (C=O) groups excluding carboxylic acids is 1. The van der Waals surface area contributed by atoms with Crippen molar-refractivity contribution in [3.63, 3.8) is 0 Å². The molecular formula is C23H38N6O4S. The van der Waals surface area contributed by atoms with E-state index in [1.165, 1.54) is 0 Å². The number of aliphatic hydroxyl groups is 1. The van der Waals surface area contributed by atoms with E-state index < -0.39 is 16.1 Å². The molecule has 1 aromatic rings. The molecular weight excluding hydrogens is 456 g/mol. The fourth-order valence-corrected chi connectivity index (χ4v) is 6.27. The standard InChI is InChI=1S/C23H38N6O4S/c1-16-14-17-6-4-9-20(21(17)27-15-16)34(32,33)28-19(8-5-11-26-23(24)25)22(31)29-12-3-2-7-18(29)10-13-30/h4,6,9,16,18-19,27-28,30H,2-3,5,7-8,10-15H2,1H3,(H4,24,25,26)/t16?,18-,19-/m0/s1. The van der Waals surface area contributed by atoms with Gasteiger partial charge < -0.3 is 26.8 Å². The van der Waals surface area contributed by atoms with Crippen LogP contribution < -0.4 is 21.5 Å². The fourth-order valence-electron chi connectivity index (χ4n) is 4.82. The van der Waals surface area contributed by atoms with Gasteiger partial charge in [-0.2, -0.15) is 4.72 Å². The number of nitrogens with one attached hydrogen (secondary N) is 2. The number of fused-ring (bicyclic) bond motifs is 1. The second-order valence-electron chi connectivity index (χ2n) is 9.30. The van der Waals surface area contributed by atoms with Crippen LogP contribution in [0.2, 0.25) is 0 Å². The fraction of sp³-hybridized carbons (Fsp3) is 0.652. The van der Waals surface area contributed by atoms with Crippen molar-refractivity contribution in [3.8, 4) is 0 Å². The van der Waals surface area contributed by atoms with Crippen molar-refractivity contribution in [2.45, 2.75) is 68.8 Å². The van der Waals surface area contributed by atoms with Crippen LogP contribution in [0.25, 0.3) is 0 Å². The lowest BCUT2D eigenvalue weighted by Crippen LogP contribution is -2.53. The Morgan fingerprint density at radius 2 is 2.15 bits per heavy atom. The zero-order valence-electron chi connectivity index (χ0n) is 19.9. The molecule has 1 aromatic carbocycles. The van der Waals surface area contributed by atoms with E-state index >= 15 is 0 Å². The number of likely N-dealkylation sites (tertiary alicyclic amines) is 1. The monoisotopic (exact) mass is 494 g/mol. The Hall–Kier alpha value is -2.37. The van der Waals surface area contributed by atoms with E-state index in [1.807, 2.05) is 6.07 Å². The van der Waals surface area contributed by atoms with Crippen LogP contribution in [0.5, 0.6) is 0 Å². The van der Waals surface area contributed by atoms with Crippen LogP contribution >= 0.6 is 0 Å². The minimum absolute atomic E-state index is 0.0183. The van der Waals surface area contributed by atoms with Crippen molar-refractivity contribution in [1.82, 2.24) is 9.62 Å². The second-order valence-corrected chi connectivity index (χ2v) is 11.0. The summed E-state index contributed by atoms with van der Waals surface area (Å²) in [6.07, 6.45) is 4.62. The number of nitrogens with two attached hydrogens (primary N) is 2. The Kier molecular flexibility index (Phi) is 9.15. The Morgan fingerprint density at radius 1 is 1.35 bits per heavy atom. The van der Waals surface area contributed by atoms with E-state index in [1.54, 1.807) is 17.0 Å². The number of anilines is 1. The van der Waals surface area contributed by atoms with Crippen molar-refractivity contribution in [3.05, 3.63) is 23.8 Å². The van der Waals surface area contributed by atoms with Gasteiger partial charge in [0.25, 0.3) is 0 Å². The number of hydrogen-bond acceptors (Lipinski definition) is 6. The van der Waals surface area contributed by atoms with Crippen LogP contribution in [0.1, 0.15) is 51.0 Å². The van der Waals surface area contributed by atoms with Gasteiger partial charge in [0.05, 0.1) is 5.69 Å². The quantitative estimate of drug-likeness (QED) is 0.182. The van der Waals surface area contributed by atoms with Crippen molar-refractivity contribution < 1.29 is 18.3 Å². The summed E-state index contributed by atoms with van der Waals surface area (Å²) in [5.41, 5.74) is 12.4. The van der Waals surface area contributed by atoms with Crippen LogP contribution in [0.4, 0.5) is 5.69 Å². The van der Waals surface area contributed by atoms with Gasteiger partial charge in [-0.1, -0.05) is 19.1 Å². The molecule has 1 amide bonds. The van der Waals surface area contributed by atoms with Crippen LogP contribution in [0.3, 0.4) is 0 Å². The molecule has 0 saturated carbocycles. The number of para-hydroxylation sites is 1. The summed E-state index contributed by atoms with van der Waals surface area (Å²) in [6.45, 7) is 3.64. The molecule has 7 N–H and O–H groups in total. The topological polar surface area (TPSA) is 163 Å². The average molecular weight is 495 g/mol. The molecule has 2 heterocycles. The number of amides is 1. The summed E-state index contributed by atoms with van der Waals surface area (Å²) < 4.78 is 29.7. The molecule has 1 unspecified atom stereocenters. The molecule has 2 aliphatic heterocycles. The maximum Gasteiger partial charge on any atom is 0.243 e. The molecule has 0 aliphatic carbocycles. The van der Waals surface area contributed by atoms with E-state index in [2.05, 4.69) is 22.0 Å². The molecule has 34 heavy (non-hydrogen) atoms. The van der Waals surface area contributed by atoms with E-state index in [0.29, 0.717) is 44.1 Å². The van der Waals surface area contributed by atoms with Gasteiger partial charge >= 0.3 is 0 Å². The lowest BCUT2D eigenvalue weighted by molar-refractivity contribution is -0.137. The number of rotatable bonds is 10. The number of carbonyl (C=O) groups is 1. The third-order valence-corrected chi connectivity index (χ3v) is 8.03. The van der Waals surface area contributed by atoms with Crippen molar-refractivity contribution in [1.29, 1.82) is 0 Å². The minimum atomic E-state index is -3.98. The SMILES string of the molecule is CC1CNc2c(cccc2S(=O)(=O)N[C@@H](CCCN=C(N)N)C(=O)N2CCCC[C@H]2CCO)C1. The first-order valence-corrected chi connectivity index (χ1v) is 13.6. The number of aliphatic imine (C=N–C) groups is 1. The van der Waals surface area contributed by atoms with Crippen molar-refractivity contribution in [2.75, 3.05) is 31.6 Å². The van der Waals surface area contributed by atoms with Crippen molar-refractivity contribution in [2.24, 2.45) is 22.4 Å². The van der Waals surface area contributed by atoms with Gasteiger partial charge in [0.15, 0.2) is 5.96 Å². The number of nitrogens with zero attached hydrogens (tertiary/aromatic N) is 2. The maximum atomic E-state index is 13.6. The molecule has 1 fully saturated rings. The first-order chi connectivity index (χ1) is 16.2. The molecule has 3 atom stereocenters. The summed E-state index contributed by atoms with van der Waals surface area (Å²) in [5.74, 6) is 0.0994. The Bertz CT molecular complexity index is 978. The smallest absolute Gasteiger partial charge is 0.243 e. The molecule has 3 rings (SSSR count). The Labute approximate surface area is 202 Å². The highest BCUT2D eigenvalue weighted by molar-refractivity contribution is 7.89. The normalized spacial score (nSPS) is 21.3. The van der Waals surface area contributed by atoms with Gasteiger partial charge in [0.1, 0.15) is 10.9 Å². The maximum absolute atomic E-state index is 13.6. The molecule has 0 bridgehead atoms. The van der Waals surface area contributed by atoms with Crippen LogP contribution in [-0.4, -0.2) is 68.6 Å². The van der Waals surface area contributed by atoms with E-state index in [0.717, 1.165) is 31.2 Å². The summed E-state index contributed by atoms with van der Waals surface area (Å²) in [4.78, 5) is 19.4. The van der Waals surface area contributed by atoms with E-state index in [9.17, 15) is 18.3 Å². The Morgan fingerprint density at radius 3 is 2.88 bits per heavy atom. The number of sulfonamides is 1. The predicted octanol–water partition coefficient (Wildman–Crippen LogP) is 0.755. The van der Waals surface area contributed by atoms with E-state index in [4.69, 9.17) is 11.5 Å². The highest BCUT2D eigenvalue weighted by atomic mass is 32.2. The molecule has 2 aliphatic rings. The van der Waals surface area contributed by atoms with E-state index in [-0.39, 0.29) is 35.8 Å². The molecule has 190 valence electrons. The van der Waals surface area contributed by atoms with Crippen molar-refractivity contribution >= 4 is 27.6 Å². The number of benzene rings is 1. The zero-order valence-corrected chi connectivity index (χ0v) is 20.7. The van der Waals surface area contributed by atoms with Gasteiger partial charge in [-0.25, -0.2) is 8.42 Å². The van der Waals surface area contributed by atoms with Gasteiger partial charge in [0, 0.05) is 32.3 Å². The zero-order chi connectivity index (χ0) is 24.7. The lowest BCUT2D eigenvalue weighted by Gasteiger charge is -2.38. The number of guanidine groups is 1. The molecule has 11 heteroatoms. The van der Waals surface area contributed by atoms with Gasteiger partial charge in [-0.05, 0) is 62.5 Å². The third-order valence-electron chi connectivity index (χ3n) is 6.51. The molecule has 10 nitrogen and oxygen atoms in total. The summed E-state index contributed by atoms with van der Waals surface area (Å²) in [6, 6.07) is 4.20. The summed E-state index contributed by atoms with van der Waals surface area (Å²) >= 11 is 0. The summed E-state index contributed by atoms with van der Waals surface area (Å²) in [7, 11) is -3.98. The molecule has 0 spiro atoms. The number of piperidine rings is 1. The van der Waals surface area contributed by atoms with Crippen LogP contribution in [-0.2, 0) is 21.2 Å². The molecule has 0 aromatic heterocycles. The summed E-state index contributed by atoms with van der Waals surface area (Å²) in [5, 5.41) is 12.7. The van der Waals surface area contributed by atoms with Gasteiger partial charge in [-0.3, -0.25) is 9.79 Å². The second kappa shape index (κ2) is 11.9. The largest absolute Gasteiger partial charge is 0.396 e. The number of hydrogen-bond donors (Lipinski definition) is 5. The Balaban J connectivity index is 1.85. The molecule has 0 radical (unpaired) electrons. The van der Waals surface area contributed by atoms with Crippen LogP contribution in [0.15, 0.2) is 28.1 Å². The highest BCUT2D eigenvalue weighted by Crippen LogP contribution is 2.31. The molecule has 1 saturated heterocycles. The number of aliphatic hydroxyl groups excluding tert-OH is 1. The highest BCUT2D eigenvalue weighted by Gasteiger charge is 2.35. The first-order valence-electron chi connectivity index (χ1n) is 12.1.